The topological polar surface area (TPSA) is 65.5 Å². The zero-order valence-electron chi connectivity index (χ0n) is 26.4. The van der Waals surface area contributed by atoms with Gasteiger partial charge in [-0.25, -0.2) is 0 Å². The highest BCUT2D eigenvalue weighted by Gasteiger charge is 2.50. The van der Waals surface area contributed by atoms with Gasteiger partial charge in [-0.1, -0.05) is 127 Å². The number of nitrogens with one attached hydrogen (secondary N) is 1. The van der Waals surface area contributed by atoms with E-state index in [-0.39, 0.29) is 0 Å². The molecule has 1 heterocycles. The summed E-state index contributed by atoms with van der Waals surface area (Å²) in [5.41, 5.74) is 18.8. The molecular formula is C44H34N4. The average Bonchev–Trinajstić information content (AvgIpc) is 3.47. The first kappa shape index (κ1) is 29.3. The van der Waals surface area contributed by atoms with Crippen LogP contribution in [-0.2, 0) is 5.41 Å². The van der Waals surface area contributed by atoms with Crippen LogP contribution in [0.1, 0.15) is 38.9 Å². The van der Waals surface area contributed by atoms with E-state index in [0.717, 1.165) is 39.4 Å². The highest BCUT2D eigenvalue weighted by Crippen LogP contribution is 2.61. The van der Waals surface area contributed by atoms with Gasteiger partial charge in [-0.05, 0) is 75.9 Å². The second kappa shape index (κ2) is 12.3. The number of hydrogen-bond donors (Lipinski definition) is 2. The Hall–Kier alpha value is -6.10. The summed E-state index contributed by atoms with van der Waals surface area (Å²) in [6.45, 7) is 0.457. The molecule has 6 aromatic rings. The molecule has 230 valence electrons. The second-order valence-corrected chi connectivity index (χ2v) is 12.1. The van der Waals surface area contributed by atoms with Crippen molar-refractivity contribution in [2.45, 2.75) is 5.41 Å². The quantitative estimate of drug-likeness (QED) is 0.175. The molecule has 1 aliphatic carbocycles. The first-order valence-corrected chi connectivity index (χ1v) is 16.2. The van der Waals surface area contributed by atoms with E-state index in [9.17, 15) is 0 Å². The van der Waals surface area contributed by atoms with E-state index in [4.69, 9.17) is 16.1 Å². The van der Waals surface area contributed by atoms with Crippen molar-refractivity contribution in [3.05, 3.63) is 208 Å². The van der Waals surface area contributed by atoms with E-state index in [1.807, 2.05) is 60.8 Å². The van der Waals surface area contributed by atoms with Crippen LogP contribution in [0.25, 0.3) is 6.08 Å². The number of fused-ring (bicyclic) bond motifs is 6. The number of aliphatic imine (C=N–C) groups is 1. The monoisotopic (exact) mass is 618 g/mol. The Morgan fingerprint density at radius 1 is 0.688 bits per heavy atom. The minimum absolute atomic E-state index is 0.454. The van der Waals surface area contributed by atoms with Crippen LogP contribution in [0.2, 0.25) is 0 Å². The van der Waals surface area contributed by atoms with E-state index >= 15 is 0 Å². The van der Waals surface area contributed by atoms with E-state index < -0.39 is 5.41 Å². The zero-order chi connectivity index (χ0) is 32.5. The summed E-state index contributed by atoms with van der Waals surface area (Å²) in [5, 5.41) is 8.92. The molecule has 3 N–H and O–H groups in total. The van der Waals surface area contributed by atoms with Gasteiger partial charge >= 0.3 is 0 Å². The van der Waals surface area contributed by atoms with Crippen LogP contribution >= 0.6 is 0 Å². The molecule has 1 aliphatic heterocycles. The first-order chi connectivity index (χ1) is 23.7. The molecule has 48 heavy (non-hydrogen) atoms. The van der Waals surface area contributed by atoms with Gasteiger partial charge in [-0.3, -0.25) is 10.4 Å². The number of hydrogen-bond acceptors (Lipinski definition) is 4. The van der Waals surface area contributed by atoms with Gasteiger partial charge in [0.15, 0.2) is 0 Å². The lowest BCUT2D eigenvalue weighted by Crippen LogP contribution is -2.36. The number of benzene rings is 6. The molecule has 4 heteroatoms. The van der Waals surface area contributed by atoms with Crippen LogP contribution in [-0.4, -0.2) is 18.5 Å². The fourth-order valence-electron chi connectivity index (χ4n) is 7.31. The number of allylic oxidation sites excluding steroid dienone is 2. The number of nitrogens with zero attached hydrogens (tertiary/aromatic N) is 2. The molecule has 6 aromatic carbocycles. The van der Waals surface area contributed by atoms with Crippen LogP contribution in [0.5, 0.6) is 0 Å². The summed E-state index contributed by atoms with van der Waals surface area (Å²) in [4.78, 5) is 7.35. The van der Waals surface area contributed by atoms with Crippen molar-refractivity contribution in [1.82, 2.24) is 0 Å². The lowest BCUT2D eigenvalue weighted by Gasteiger charge is -2.45. The number of para-hydroxylation sites is 4. The summed E-state index contributed by atoms with van der Waals surface area (Å²) < 4.78 is 0. The SMILES string of the molecule is N=C(c1ccccc1)c1ccccc1/N=C/c1ccc2c(c1)C1(C(/C=C\CN)=C2)c2ccccc2N(c2ccccc2)c2ccccc21. The van der Waals surface area contributed by atoms with Gasteiger partial charge in [0.25, 0.3) is 0 Å². The summed E-state index contributed by atoms with van der Waals surface area (Å²) >= 11 is 0. The normalized spacial score (nSPS) is 14.2. The molecule has 8 rings (SSSR count). The smallest absolute Gasteiger partial charge is 0.0748 e. The van der Waals surface area contributed by atoms with Crippen molar-refractivity contribution >= 4 is 40.8 Å². The van der Waals surface area contributed by atoms with Gasteiger partial charge in [0.2, 0.25) is 0 Å². The van der Waals surface area contributed by atoms with E-state index in [0.29, 0.717) is 12.3 Å². The average molecular weight is 619 g/mol. The Kier molecular flexibility index (Phi) is 7.48. The standard InChI is InChI=1S/C44H34N4/c45-27-13-16-34-29-33-26-25-31(30-47-40-22-10-7-19-36(40)43(46)32-14-3-1-4-15-32)28-39(33)44(34)37-20-8-11-23-41(37)48(35-17-5-2-6-18-35)42-24-12-9-21-38(42)44/h1-26,28-30,46H,27,45H2/b16-13-,46-43?,47-30+. The first-order valence-electron chi connectivity index (χ1n) is 16.2. The lowest BCUT2D eigenvalue weighted by molar-refractivity contribution is 0.746. The molecule has 0 fully saturated rings. The Labute approximate surface area is 281 Å². The van der Waals surface area contributed by atoms with Crippen molar-refractivity contribution in [2.24, 2.45) is 10.7 Å². The molecule has 0 unspecified atom stereocenters. The molecular weight excluding hydrogens is 585 g/mol. The van der Waals surface area contributed by atoms with Crippen LogP contribution in [0.3, 0.4) is 0 Å². The Balaban J connectivity index is 1.30. The van der Waals surface area contributed by atoms with Gasteiger partial charge < -0.3 is 10.6 Å². The lowest BCUT2D eigenvalue weighted by atomic mass is 9.63. The highest BCUT2D eigenvalue weighted by molar-refractivity contribution is 6.14. The highest BCUT2D eigenvalue weighted by atomic mass is 15.2. The van der Waals surface area contributed by atoms with E-state index in [1.54, 1.807) is 0 Å². The number of nitrogens with two attached hydrogens (primary N) is 1. The summed E-state index contributed by atoms with van der Waals surface area (Å²) in [7, 11) is 0. The molecule has 1 spiro atoms. The maximum absolute atomic E-state index is 8.92. The maximum atomic E-state index is 8.92. The second-order valence-electron chi connectivity index (χ2n) is 12.1. The molecule has 0 amide bonds. The predicted octanol–water partition coefficient (Wildman–Crippen LogP) is 9.88. The third-order valence-electron chi connectivity index (χ3n) is 9.36. The minimum Gasteiger partial charge on any atom is -0.327 e. The fourth-order valence-corrected chi connectivity index (χ4v) is 7.31. The Bertz CT molecular complexity index is 2200. The Morgan fingerprint density at radius 2 is 1.31 bits per heavy atom. The molecule has 2 aliphatic rings. The van der Waals surface area contributed by atoms with Crippen molar-refractivity contribution in [2.75, 3.05) is 11.4 Å². The fraction of sp³-hybridized carbons (Fsp3) is 0.0455. The predicted molar refractivity (Wildman–Crippen MR) is 200 cm³/mol. The molecule has 0 saturated heterocycles. The molecule has 4 nitrogen and oxygen atoms in total. The van der Waals surface area contributed by atoms with Gasteiger partial charge in [0.05, 0.1) is 28.2 Å². The summed E-state index contributed by atoms with van der Waals surface area (Å²) in [5.74, 6) is 0. The van der Waals surface area contributed by atoms with Crippen LogP contribution < -0.4 is 10.6 Å². The van der Waals surface area contributed by atoms with Crippen LogP contribution in [0.4, 0.5) is 22.7 Å². The van der Waals surface area contributed by atoms with Crippen molar-refractivity contribution < 1.29 is 0 Å². The third kappa shape index (κ3) is 4.74. The third-order valence-corrected chi connectivity index (χ3v) is 9.36. The van der Waals surface area contributed by atoms with Gasteiger partial charge in [-0.2, -0.15) is 0 Å². The minimum atomic E-state index is -0.559. The van der Waals surface area contributed by atoms with Gasteiger partial charge in [-0.15, -0.1) is 0 Å². The Morgan fingerprint density at radius 3 is 2.02 bits per heavy atom. The molecule has 0 atom stereocenters. The summed E-state index contributed by atoms with van der Waals surface area (Å²) in [6, 6.07) is 52.4. The van der Waals surface area contributed by atoms with Crippen LogP contribution in [0.15, 0.2) is 174 Å². The van der Waals surface area contributed by atoms with E-state index in [1.165, 1.54) is 27.8 Å². The number of anilines is 3. The largest absolute Gasteiger partial charge is 0.327 e. The van der Waals surface area contributed by atoms with Gasteiger partial charge in [0.1, 0.15) is 0 Å². The zero-order valence-corrected chi connectivity index (χ0v) is 26.4. The van der Waals surface area contributed by atoms with Crippen molar-refractivity contribution in [3.63, 3.8) is 0 Å². The molecule has 0 bridgehead atoms. The van der Waals surface area contributed by atoms with Crippen molar-refractivity contribution in [3.8, 4) is 0 Å². The van der Waals surface area contributed by atoms with E-state index in [2.05, 4.69) is 120 Å². The molecule has 0 radical (unpaired) electrons. The number of rotatable bonds is 7. The maximum Gasteiger partial charge on any atom is 0.0748 e. The molecule has 0 saturated carbocycles. The summed E-state index contributed by atoms with van der Waals surface area (Å²) in [6.07, 6.45) is 8.49. The van der Waals surface area contributed by atoms with Crippen molar-refractivity contribution in [1.29, 1.82) is 5.41 Å². The van der Waals surface area contributed by atoms with Crippen LogP contribution in [0, 0.1) is 5.41 Å². The molecule has 0 aromatic heterocycles. The van der Waals surface area contributed by atoms with Gasteiger partial charge in [0, 0.05) is 29.6 Å².